The van der Waals surface area contributed by atoms with Gasteiger partial charge >= 0.3 is 0 Å². The minimum absolute atomic E-state index is 0.0159. The SMILES string of the molecule is Cc1ccccc1NS(=O)(=O)c1cc(C(=O)Nc2ccc(S(=O)(=O)Nc3nccs3)cc2)ccc1Cl. The highest BCUT2D eigenvalue weighted by atomic mass is 35.5. The molecule has 0 radical (unpaired) electrons. The largest absolute Gasteiger partial charge is 0.322 e. The number of rotatable bonds is 8. The summed E-state index contributed by atoms with van der Waals surface area (Å²) in [5, 5.41) is 4.45. The van der Waals surface area contributed by atoms with Gasteiger partial charge in [-0.1, -0.05) is 29.8 Å². The molecule has 4 rings (SSSR count). The second-order valence-electron chi connectivity index (χ2n) is 7.49. The van der Waals surface area contributed by atoms with Gasteiger partial charge in [0.25, 0.3) is 26.0 Å². The van der Waals surface area contributed by atoms with Gasteiger partial charge in [0.05, 0.1) is 15.6 Å². The second kappa shape index (κ2) is 10.3. The fourth-order valence-electron chi connectivity index (χ4n) is 3.11. The quantitative estimate of drug-likeness (QED) is 0.278. The molecule has 0 aliphatic heterocycles. The van der Waals surface area contributed by atoms with Gasteiger partial charge in [0, 0.05) is 22.8 Å². The lowest BCUT2D eigenvalue weighted by Gasteiger charge is -2.13. The number of halogens is 1. The van der Waals surface area contributed by atoms with Gasteiger partial charge < -0.3 is 5.32 Å². The van der Waals surface area contributed by atoms with Crippen LogP contribution in [0.1, 0.15) is 15.9 Å². The first kappa shape index (κ1) is 25.6. The van der Waals surface area contributed by atoms with E-state index in [9.17, 15) is 21.6 Å². The summed E-state index contributed by atoms with van der Waals surface area (Å²) in [6.07, 6.45) is 1.48. The van der Waals surface area contributed by atoms with Crippen LogP contribution in [-0.2, 0) is 20.0 Å². The van der Waals surface area contributed by atoms with Gasteiger partial charge in [-0.3, -0.25) is 14.2 Å². The summed E-state index contributed by atoms with van der Waals surface area (Å²) >= 11 is 7.29. The van der Waals surface area contributed by atoms with Crippen molar-refractivity contribution in [3.63, 3.8) is 0 Å². The van der Waals surface area contributed by atoms with Gasteiger partial charge in [0.15, 0.2) is 5.13 Å². The number of aromatic nitrogens is 1. The first-order chi connectivity index (χ1) is 17.0. The minimum atomic E-state index is -4.08. The maximum absolute atomic E-state index is 13.0. The Morgan fingerprint density at radius 1 is 0.917 bits per heavy atom. The van der Waals surface area contributed by atoms with E-state index >= 15 is 0 Å². The molecule has 0 unspecified atom stereocenters. The fraction of sp³-hybridized carbons (Fsp3) is 0.0435. The predicted molar refractivity (Wildman–Crippen MR) is 141 cm³/mol. The van der Waals surface area contributed by atoms with Crippen molar-refractivity contribution >= 4 is 65.4 Å². The summed E-state index contributed by atoms with van der Waals surface area (Å²) in [4.78, 5) is 16.4. The van der Waals surface area contributed by atoms with Crippen LogP contribution >= 0.6 is 22.9 Å². The van der Waals surface area contributed by atoms with Gasteiger partial charge in [-0.25, -0.2) is 21.8 Å². The van der Waals surface area contributed by atoms with Gasteiger partial charge in [0.1, 0.15) is 4.90 Å². The zero-order valence-corrected chi connectivity index (χ0v) is 21.8. The van der Waals surface area contributed by atoms with Gasteiger partial charge in [-0.15, -0.1) is 11.3 Å². The van der Waals surface area contributed by atoms with E-state index in [1.807, 2.05) is 0 Å². The summed E-state index contributed by atoms with van der Waals surface area (Å²) < 4.78 is 55.7. The summed E-state index contributed by atoms with van der Waals surface area (Å²) in [5.41, 5.74) is 1.47. The number of carbonyl (C=O) groups is 1. The number of nitrogens with one attached hydrogen (secondary N) is 3. The molecule has 0 aliphatic carbocycles. The molecule has 1 aromatic heterocycles. The third-order valence-electron chi connectivity index (χ3n) is 4.95. The van der Waals surface area contributed by atoms with E-state index < -0.39 is 26.0 Å². The summed E-state index contributed by atoms with van der Waals surface area (Å²) in [5.74, 6) is -0.601. The van der Waals surface area contributed by atoms with Gasteiger partial charge in [0.2, 0.25) is 0 Å². The Labute approximate surface area is 217 Å². The van der Waals surface area contributed by atoms with Crippen molar-refractivity contribution in [3.05, 3.63) is 94.5 Å². The Morgan fingerprint density at radius 2 is 1.64 bits per heavy atom. The number of anilines is 3. The van der Waals surface area contributed by atoms with Crippen LogP contribution in [0.25, 0.3) is 0 Å². The maximum Gasteiger partial charge on any atom is 0.263 e. The third-order valence-corrected chi connectivity index (χ3v) is 8.97. The molecule has 186 valence electrons. The summed E-state index contributed by atoms with van der Waals surface area (Å²) in [7, 11) is -7.92. The normalized spacial score (nSPS) is 11.6. The van der Waals surface area contributed by atoms with Crippen molar-refractivity contribution in [1.29, 1.82) is 0 Å². The molecular weight excluding hydrogens is 544 g/mol. The minimum Gasteiger partial charge on any atom is -0.322 e. The molecule has 0 atom stereocenters. The molecule has 3 N–H and O–H groups in total. The average Bonchev–Trinajstić information content (AvgIpc) is 3.33. The van der Waals surface area contributed by atoms with Crippen molar-refractivity contribution in [2.24, 2.45) is 0 Å². The standard InChI is InChI=1S/C23H19ClN4O5S3/c1-15-4-2-3-5-20(15)27-36(32,33)21-14-16(6-11-19(21)24)22(29)26-17-7-9-18(10-8-17)35(30,31)28-23-25-12-13-34-23/h2-14,27H,1H3,(H,25,28)(H,26,29). The van der Waals surface area contributed by atoms with Crippen molar-refractivity contribution in [2.45, 2.75) is 16.7 Å². The Hall–Kier alpha value is -3.45. The molecule has 0 spiro atoms. The summed E-state index contributed by atoms with van der Waals surface area (Å²) in [6, 6.07) is 16.2. The van der Waals surface area contributed by atoms with Crippen LogP contribution in [0.15, 0.2) is 88.1 Å². The number of hydrogen-bond donors (Lipinski definition) is 3. The highest BCUT2D eigenvalue weighted by molar-refractivity contribution is 7.93. The van der Waals surface area contributed by atoms with E-state index in [4.69, 9.17) is 11.6 Å². The number of benzene rings is 3. The second-order valence-corrected chi connectivity index (χ2v) is 12.1. The Morgan fingerprint density at radius 3 is 2.31 bits per heavy atom. The number of nitrogens with zero attached hydrogens (tertiary/aromatic N) is 1. The maximum atomic E-state index is 13.0. The van der Waals surface area contributed by atoms with E-state index in [0.717, 1.165) is 16.9 Å². The zero-order chi connectivity index (χ0) is 25.9. The number of para-hydroxylation sites is 1. The molecule has 0 fully saturated rings. The van der Waals surface area contributed by atoms with Crippen LogP contribution in [0.4, 0.5) is 16.5 Å². The van der Waals surface area contributed by atoms with Crippen LogP contribution in [0.3, 0.4) is 0 Å². The lowest BCUT2D eigenvalue weighted by atomic mass is 10.2. The molecule has 13 heteroatoms. The number of sulfonamides is 2. The molecule has 0 aliphatic rings. The fourth-order valence-corrected chi connectivity index (χ4v) is 6.55. The number of aryl methyl sites for hydroxylation is 1. The van der Waals surface area contributed by atoms with E-state index in [1.165, 1.54) is 48.7 Å². The molecule has 1 heterocycles. The van der Waals surface area contributed by atoms with Crippen LogP contribution in [-0.4, -0.2) is 27.7 Å². The Balaban J connectivity index is 1.51. The number of hydrogen-bond acceptors (Lipinski definition) is 7. The Kier molecular flexibility index (Phi) is 7.31. The van der Waals surface area contributed by atoms with Gasteiger partial charge in [-0.2, -0.15) is 0 Å². The van der Waals surface area contributed by atoms with E-state index in [-0.39, 0.29) is 25.5 Å². The van der Waals surface area contributed by atoms with E-state index in [0.29, 0.717) is 11.4 Å². The number of thiazole rings is 1. The van der Waals surface area contributed by atoms with Crippen LogP contribution < -0.4 is 14.8 Å². The van der Waals surface area contributed by atoms with Crippen LogP contribution in [0, 0.1) is 6.92 Å². The highest BCUT2D eigenvalue weighted by Crippen LogP contribution is 2.27. The predicted octanol–water partition coefficient (Wildman–Crippen LogP) is 4.96. The lowest BCUT2D eigenvalue weighted by molar-refractivity contribution is 0.102. The molecule has 1 amide bonds. The average molecular weight is 563 g/mol. The highest BCUT2D eigenvalue weighted by Gasteiger charge is 2.21. The molecule has 9 nitrogen and oxygen atoms in total. The molecule has 3 aromatic carbocycles. The number of carbonyl (C=O) groups excluding carboxylic acids is 1. The topological polar surface area (TPSA) is 134 Å². The first-order valence-corrected chi connectivity index (χ1v) is 14.5. The monoisotopic (exact) mass is 562 g/mol. The first-order valence-electron chi connectivity index (χ1n) is 10.3. The van der Waals surface area contributed by atoms with Crippen molar-refractivity contribution in [2.75, 3.05) is 14.8 Å². The molecule has 0 saturated heterocycles. The zero-order valence-electron chi connectivity index (χ0n) is 18.6. The Bertz CT molecular complexity index is 1620. The van der Waals surface area contributed by atoms with Crippen molar-refractivity contribution < 1.29 is 21.6 Å². The van der Waals surface area contributed by atoms with Crippen LogP contribution in [0.2, 0.25) is 5.02 Å². The molecule has 0 saturated carbocycles. The number of amides is 1. The molecule has 36 heavy (non-hydrogen) atoms. The van der Waals surface area contributed by atoms with Crippen molar-refractivity contribution in [3.8, 4) is 0 Å². The molecule has 0 bridgehead atoms. The molecular formula is C23H19ClN4O5S3. The van der Waals surface area contributed by atoms with Crippen LogP contribution in [0.5, 0.6) is 0 Å². The molecule has 4 aromatic rings. The summed E-state index contributed by atoms with van der Waals surface area (Å²) in [6.45, 7) is 1.76. The third kappa shape index (κ3) is 5.85. The van der Waals surface area contributed by atoms with Gasteiger partial charge in [-0.05, 0) is 61.0 Å². The van der Waals surface area contributed by atoms with Crippen molar-refractivity contribution in [1.82, 2.24) is 4.98 Å². The van der Waals surface area contributed by atoms with E-state index in [2.05, 4.69) is 19.7 Å². The van der Waals surface area contributed by atoms with E-state index in [1.54, 1.807) is 36.6 Å². The smallest absolute Gasteiger partial charge is 0.263 e. The lowest BCUT2D eigenvalue weighted by Crippen LogP contribution is -2.17.